The van der Waals surface area contributed by atoms with Gasteiger partial charge in [-0.3, -0.25) is 0 Å². The Labute approximate surface area is 154 Å². The molecule has 130 valence electrons. The van der Waals surface area contributed by atoms with Crippen LogP contribution in [0.5, 0.6) is 0 Å². The van der Waals surface area contributed by atoms with Crippen LogP contribution in [0.3, 0.4) is 0 Å². The number of anilines is 3. The molecule has 0 aliphatic heterocycles. The number of hydrogen-bond donors (Lipinski definition) is 2. The summed E-state index contributed by atoms with van der Waals surface area (Å²) in [7, 11) is 0. The third kappa shape index (κ3) is 3.73. The summed E-state index contributed by atoms with van der Waals surface area (Å²) in [6, 6.07) is 17.6. The van der Waals surface area contributed by atoms with Gasteiger partial charge in [0, 0.05) is 17.3 Å². The Hall–Kier alpha value is -3.19. The largest absolute Gasteiger partial charge is 0.367 e. The van der Waals surface area contributed by atoms with E-state index in [4.69, 9.17) is 16.2 Å². The van der Waals surface area contributed by atoms with Gasteiger partial charge in [0.05, 0.1) is 0 Å². The van der Waals surface area contributed by atoms with Gasteiger partial charge in [0.25, 0.3) is 0 Å². The van der Waals surface area contributed by atoms with Crippen LogP contribution in [0.1, 0.15) is 5.56 Å². The maximum atomic E-state index is 5.94. The molecule has 0 saturated heterocycles. The van der Waals surface area contributed by atoms with Gasteiger partial charge >= 0.3 is 0 Å². The number of nitrogens with one attached hydrogen (secondary N) is 2. The summed E-state index contributed by atoms with van der Waals surface area (Å²) in [5, 5.41) is 14.7. The lowest BCUT2D eigenvalue weighted by molar-refractivity contribution is 0.314. The summed E-state index contributed by atoms with van der Waals surface area (Å²) in [5.41, 5.74) is 2.78. The SMILES string of the molecule is Clc1ccc(Nc2nc3nonc3nc2NCCc2ccccc2)cc1. The zero-order chi connectivity index (χ0) is 17.8. The van der Waals surface area contributed by atoms with Crippen LogP contribution in [-0.2, 0) is 6.42 Å². The van der Waals surface area contributed by atoms with Crippen molar-refractivity contribution in [2.24, 2.45) is 0 Å². The van der Waals surface area contributed by atoms with Crippen molar-refractivity contribution in [1.82, 2.24) is 20.3 Å². The zero-order valence-corrected chi connectivity index (χ0v) is 14.4. The Balaban J connectivity index is 1.56. The van der Waals surface area contributed by atoms with Crippen LogP contribution in [0.4, 0.5) is 17.3 Å². The van der Waals surface area contributed by atoms with E-state index in [9.17, 15) is 0 Å². The number of hydrogen-bond acceptors (Lipinski definition) is 7. The van der Waals surface area contributed by atoms with Crippen molar-refractivity contribution in [1.29, 1.82) is 0 Å². The van der Waals surface area contributed by atoms with Gasteiger partial charge in [-0.15, -0.1) is 0 Å². The molecule has 2 N–H and O–H groups in total. The first-order valence-electron chi connectivity index (χ1n) is 8.08. The molecule has 0 radical (unpaired) electrons. The maximum absolute atomic E-state index is 5.94. The van der Waals surface area contributed by atoms with E-state index >= 15 is 0 Å². The fourth-order valence-corrected chi connectivity index (χ4v) is 2.61. The highest BCUT2D eigenvalue weighted by molar-refractivity contribution is 6.30. The maximum Gasteiger partial charge on any atom is 0.245 e. The minimum Gasteiger partial charge on any atom is -0.367 e. The van der Waals surface area contributed by atoms with Crippen LogP contribution in [0.15, 0.2) is 59.2 Å². The van der Waals surface area contributed by atoms with E-state index < -0.39 is 0 Å². The molecule has 2 aromatic carbocycles. The first-order valence-corrected chi connectivity index (χ1v) is 8.46. The van der Waals surface area contributed by atoms with E-state index in [1.807, 2.05) is 30.3 Å². The van der Waals surface area contributed by atoms with Crippen molar-refractivity contribution in [2.75, 3.05) is 17.2 Å². The molecule has 0 unspecified atom stereocenters. The fraction of sp³-hybridized carbons (Fsp3) is 0.111. The molecule has 0 amide bonds. The second kappa shape index (κ2) is 7.37. The number of benzene rings is 2. The molecule has 4 aromatic rings. The van der Waals surface area contributed by atoms with Gasteiger partial charge in [-0.05, 0) is 46.6 Å². The third-order valence-electron chi connectivity index (χ3n) is 3.77. The molecule has 2 heterocycles. The normalized spacial score (nSPS) is 10.8. The number of fused-ring (bicyclic) bond motifs is 1. The summed E-state index contributed by atoms with van der Waals surface area (Å²) in [6.07, 6.45) is 0.859. The number of aromatic nitrogens is 4. The van der Waals surface area contributed by atoms with Gasteiger partial charge in [-0.25, -0.2) is 14.6 Å². The van der Waals surface area contributed by atoms with E-state index in [0.717, 1.165) is 12.1 Å². The summed E-state index contributed by atoms with van der Waals surface area (Å²) in [5.74, 6) is 1.13. The topological polar surface area (TPSA) is 88.8 Å². The van der Waals surface area contributed by atoms with Crippen molar-refractivity contribution in [3.05, 3.63) is 65.2 Å². The molecule has 0 fully saturated rings. The lowest BCUT2D eigenvalue weighted by atomic mass is 10.1. The second-order valence-corrected chi connectivity index (χ2v) is 6.06. The van der Waals surface area contributed by atoms with Crippen LogP contribution in [0.25, 0.3) is 11.3 Å². The van der Waals surface area contributed by atoms with Crippen molar-refractivity contribution in [3.63, 3.8) is 0 Å². The van der Waals surface area contributed by atoms with Crippen LogP contribution >= 0.6 is 11.6 Å². The van der Waals surface area contributed by atoms with Gasteiger partial charge in [0.1, 0.15) is 0 Å². The van der Waals surface area contributed by atoms with E-state index in [-0.39, 0.29) is 0 Å². The number of halogens is 1. The molecule has 26 heavy (non-hydrogen) atoms. The van der Waals surface area contributed by atoms with E-state index in [2.05, 4.69) is 43.0 Å². The summed E-state index contributed by atoms with van der Waals surface area (Å²) in [4.78, 5) is 8.89. The molecule has 0 saturated carbocycles. The third-order valence-corrected chi connectivity index (χ3v) is 4.02. The van der Waals surface area contributed by atoms with Gasteiger partial charge in [0.2, 0.25) is 11.3 Å². The van der Waals surface area contributed by atoms with Crippen LogP contribution < -0.4 is 10.6 Å². The van der Waals surface area contributed by atoms with Gasteiger partial charge in [0.15, 0.2) is 11.6 Å². The molecule has 0 atom stereocenters. The summed E-state index contributed by atoms with van der Waals surface area (Å²) < 4.78 is 4.72. The van der Waals surface area contributed by atoms with Crippen LogP contribution in [0, 0.1) is 0 Å². The summed E-state index contributed by atoms with van der Waals surface area (Å²) >= 11 is 5.94. The molecule has 8 heteroatoms. The lowest BCUT2D eigenvalue weighted by Crippen LogP contribution is -2.10. The monoisotopic (exact) mass is 366 g/mol. The minimum absolute atomic E-state index is 0.343. The van der Waals surface area contributed by atoms with E-state index in [1.54, 1.807) is 12.1 Å². The zero-order valence-electron chi connectivity index (χ0n) is 13.7. The van der Waals surface area contributed by atoms with Gasteiger partial charge in [-0.2, -0.15) is 0 Å². The Bertz CT molecular complexity index is 1000. The fourth-order valence-electron chi connectivity index (χ4n) is 2.49. The number of nitrogens with zero attached hydrogens (tertiary/aromatic N) is 4. The average molecular weight is 367 g/mol. The van der Waals surface area contributed by atoms with Crippen molar-refractivity contribution in [3.8, 4) is 0 Å². The molecule has 7 nitrogen and oxygen atoms in total. The van der Waals surface area contributed by atoms with E-state index in [0.29, 0.717) is 34.5 Å². The van der Waals surface area contributed by atoms with Crippen molar-refractivity contribution >= 4 is 40.2 Å². The Morgan fingerprint density at radius 1 is 0.846 bits per heavy atom. The summed E-state index contributed by atoms with van der Waals surface area (Å²) in [6.45, 7) is 0.699. The highest BCUT2D eigenvalue weighted by Gasteiger charge is 2.13. The van der Waals surface area contributed by atoms with Gasteiger partial charge in [-0.1, -0.05) is 41.9 Å². The quantitative estimate of drug-likeness (QED) is 0.531. The Morgan fingerprint density at radius 3 is 2.27 bits per heavy atom. The van der Waals surface area contributed by atoms with Crippen LogP contribution in [-0.4, -0.2) is 26.8 Å². The molecular formula is C18H15ClN6O. The van der Waals surface area contributed by atoms with Crippen molar-refractivity contribution in [2.45, 2.75) is 6.42 Å². The minimum atomic E-state index is 0.343. The molecule has 0 aliphatic carbocycles. The standard InChI is InChI=1S/C18H15ClN6O/c19-13-6-8-14(9-7-13)21-16-15(22-17-18(23-16)25-26-24-17)20-11-10-12-4-2-1-3-5-12/h1-9H,10-11H2,(H,20,22,24)(H,21,23,25). The molecule has 2 aromatic heterocycles. The highest BCUT2D eigenvalue weighted by atomic mass is 35.5. The number of rotatable bonds is 6. The van der Waals surface area contributed by atoms with Gasteiger partial charge < -0.3 is 10.6 Å². The lowest BCUT2D eigenvalue weighted by Gasteiger charge is -2.12. The Morgan fingerprint density at radius 2 is 1.54 bits per heavy atom. The molecular weight excluding hydrogens is 352 g/mol. The second-order valence-electron chi connectivity index (χ2n) is 5.63. The molecule has 0 aliphatic rings. The first kappa shape index (κ1) is 16.3. The van der Waals surface area contributed by atoms with E-state index in [1.165, 1.54) is 5.56 Å². The predicted octanol–water partition coefficient (Wildman–Crippen LogP) is 4.06. The molecule has 0 spiro atoms. The van der Waals surface area contributed by atoms with Crippen LogP contribution in [0.2, 0.25) is 5.02 Å². The smallest absolute Gasteiger partial charge is 0.245 e. The molecule has 4 rings (SSSR count). The average Bonchev–Trinajstić information content (AvgIpc) is 3.12. The molecule has 0 bridgehead atoms. The Kier molecular flexibility index (Phi) is 4.61. The highest BCUT2D eigenvalue weighted by Crippen LogP contribution is 2.24. The predicted molar refractivity (Wildman–Crippen MR) is 101 cm³/mol. The first-order chi connectivity index (χ1) is 12.8. The van der Waals surface area contributed by atoms with Crippen molar-refractivity contribution < 1.29 is 4.63 Å².